The number of benzene rings is 1. The Bertz CT molecular complexity index is 599. The number of aliphatic hydroxyl groups is 1. The standard InChI is InChI=1S/C16H23NO3S/c1-3-4-8-13-17(2)21(19,20)16-12-6-5-10-15(16)11-7-9-14-18/h5-6,10,12,18H,3-4,8-9,13-14H2,1-2H3. The summed E-state index contributed by atoms with van der Waals surface area (Å²) in [4.78, 5) is 0.231. The van der Waals surface area contributed by atoms with E-state index in [4.69, 9.17) is 5.11 Å². The largest absolute Gasteiger partial charge is 0.395 e. The van der Waals surface area contributed by atoms with E-state index in [9.17, 15) is 8.42 Å². The van der Waals surface area contributed by atoms with Gasteiger partial charge < -0.3 is 5.11 Å². The molecule has 21 heavy (non-hydrogen) atoms. The Morgan fingerprint density at radius 2 is 1.95 bits per heavy atom. The fraction of sp³-hybridized carbons (Fsp3) is 0.500. The molecular weight excluding hydrogens is 286 g/mol. The Labute approximate surface area is 127 Å². The number of rotatable bonds is 7. The Hall–Kier alpha value is -1.35. The quantitative estimate of drug-likeness (QED) is 0.621. The lowest BCUT2D eigenvalue weighted by Crippen LogP contribution is -2.28. The van der Waals surface area contributed by atoms with E-state index in [1.807, 2.05) is 0 Å². The van der Waals surface area contributed by atoms with Crippen LogP contribution in [0.25, 0.3) is 0 Å². The van der Waals surface area contributed by atoms with Crippen LogP contribution < -0.4 is 0 Å². The minimum atomic E-state index is -3.52. The van der Waals surface area contributed by atoms with E-state index in [1.165, 1.54) is 4.31 Å². The average molecular weight is 309 g/mol. The van der Waals surface area contributed by atoms with Crippen LogP contribution >= 0.6 is 0 Å². The molecule has 0 aliphatic rings. The summed E-state index contributed by atoms with van der Waals surface area (Å²) in [6.45, 7) is 2.56. The van der Waals surface area contributed by atoms with Crippen LogP contribution in [0.2, 0.25) is 0 Å². The average Bonchev–Trinajstić information content (AvgIpc) is 2.48. The maximum atomic E-state index is 12.6. The number of sulfonamides is 1. The van der Waals surface area contributed by atoms with E-state index < -0.39 is 10.0 Å². The van der Waals surface area contributed by atoms with Crippen molar-refractivity contribution in [2.24, 2.45) is 0 Å². The lowest BCUT2D eigenvalue weighted by atomic mass is 10.2. The van der Waals surface area contributed by atoms with Gasteiger partial charge in [0.05, 0.1) is 11.5 Å². The second-order valence-corrected chi connectivity index (χ2v) is 6.82. The fourth-order valence-electron chi connectivity index (χ4n) is 1.88. The summed E-state index contributed by atoms with van der Waals surface area (Å²) in [6, 6.07) is 6.73. The van der Waals surface area contributed by atoms with Gasteiger partial charge in [0.15, 0.2) is 0 Å². The van der Waals surface area contributed by atoms with Crippen molar-refractivity contribution in [3.8, 4) is 11.8 Å². The lowest BCUT2D eigenvalue weighted by molar-refractivity contribution is 0.305. The molecule has 1 aromatic carbocycles. The minimum absolute atomic E-state index is 0.0289. The van der Waals surface area contributed by atoms with Crippen LogP contribution in [0, 0.1) is 11.8 Å². The summed E-state index contributed by atoms with van der Waals surface area (Å²) in [6.07, 6.45) is 3.25. The molecule has 1 rings (SSSR count). The number of aliphatic hydroxyl groups excluding tert-OH is 1. The predicted molar refractivity (Wildman–Crippen MR) is 84.4 cm³/mol. The highest BCUT2D eigenvalue weighted by atomic mass is 32.2. The van der Waals surface area contributed by atoms with Crippen LogP contribution in [-0.4, -0.2) is 38.0 Å². The summed E-state index contributed by atoms with van der Waals surface area (Å²) >= 11 is 0. The zero-order valence-corrected chi connectivity index (χ0v) is 13.5. The molecule has 0 heterocycles. The molecule has 0 amide bonds. The number of hydrogen-bond donors (Lipinski definition) is 1. The van der Waals surface area contributed by atoms with Gasteiger partial charge in [-0.3, -0.25) is 0 Å². The fourth-order valence-corrected chi connectivity index (χ4v) is 3.23. The van der Waals surface area contributed by atoms with Crippen LogP contribution in [0.1, 0.15) is 38.2 Å². The second kappa shape index (κ2) is 8.83. The van der Waals surface area contributed by atoms with E-state index in [0.717, 1.165) is 19.3 Å². The van der Waals surface area contributed by atoms with Crippen LogP contribution in [0.4, 0.5) is 0 Å². The van der Waals surface area contributed by atoms with Crippen molar-refractivity contribution in [3.63, 3.8) is 0 Å². The van der Waals surface area contributed by atoms with Crippen molar-refractivity contribution >= 4 is 10.0 Å². The molecule has 116 valence electrons. The van der Waals surface area contributed by atoms with E-state index in [2.05, 4.69) is 18.8 Å². The molecule has 0 saturated heterocycles. The first-order chi connectivity index (χ1) is 10.0. The molecule has 0 aliphatic carbocycles. The van der Waals surface area contributed by atoms with Crippen molar-refractivity contribution < 1.29 is 13.5 Å². The summed E-state index contributed by atoms with van der Waals surface area (Å²) in [5.74, 6) is 5.60. The van der Waals surface area contributed by atoms with Crippen LogP contribution in [0.3, 0.4) is 0 Å². The molecule has 0 aliphatic heterocycles. The Kier molecular flexibility index (Phi) is 7.44. The normalized spacial score (nSPS) is 11.2. The first kappa shape index (κ1) is 17.7. The third-order valence-electron chi connectivity index (χ3n) is 3.11. The van der Waals surface area contributed by atoms with Crippen LogP contribution in [0.5, 0.6) is 0 Å². The Morgan fingerprint density at radius 1 is 1.24 bits per heavy atom. The summed E-state index contributed by atoms with van der Waals surface area (Å²) in [7, 11) is -1.92. The molecule has 4 nitrogen and oxygen atoms in total. The van der Waals surface area contributed by atoms with E-state index in [1.54, 1.807) is 31.3 Å². The van der Waals surface area contributed by atoms with E-state index in [-0.39, 0.29) is 11.5 Å². The van der Waals surface area contributed by atoms with Crippen LogP contribution in [-0.2, 0) is 10.0 Å². The van der Waals surface area contributed by atoms with Crippen molar-refractivity contribution in [1.29, 1.82) is 0 Å². The predicted octanol–water partition coefficient (Wildman–Crippen LogP) is 2.23. The topological polar surface area (TPSA) is 57.6 Å². The zero-order valence-electron chi connectivity index (χ0n) is 12.7. The van der Waals surface area contributed by atoms with E-state index >= 15 is 0 Å². The van der Waals surface area contributed by atoms with Gasteiger partial charge >= 0.3 is 0 Å². The molecule has 1 N–H and O–H groups in total. The molecule has 0 spiro atoms. The van der Waals surface area contributed by atoms with Gasteiger partial charge in [0.2, 0.25) is 10.0 Å². The molecule has 1 aromatic rings. The van der Waals surface area contributed by atoms with Gasteiger partial charge in [0.1, 0.15) is 0 Å². The summed E-state index contributed by atoms with van der Waals surface area (Å²) in [5.41, 5.74) is 0.480. The highest BCUT2D eigenvalue weighted by Gasteiger charge is 2.22. The van der Waals surface area contributed by atoms with Gasteiger partial charge in [0.25, 0.3) is 0 Å². The molecule has 0 unspecified atom stereocenters. The van der Waals surface area contributed by atoms with Crippen molar-refractivity contribution in [1.82, 2.24) is 4.31 Å². The molecule has 0 atom stereocenters. The number of unbranched alkanes of at least 4 members (excludes halogenated alkanes) is 2. The molecule has 0 fully saturated rings. The maximum Gasteiger partial charge on any atom is 0.244 e. The monoisotopic (exact) mass is 309 g/mol. The molecule has 5 heteroatoms. The maximum absolute atomic E-state index is 12.6. The van der Waals surface area contributed by atoms with Gasteiger partial charge in [-0.15, -0.1) is 0 Å². The Morgan fingerprint density at radius 3 is 2.62 bits per heavy atom. The highest BCUT2D eigenvalue weighted by Crippen LogP contribution is 2.19. The molecule has 0 saturated carbocycles. The third-order valence-corrected chi connectivity index (χ3v) is 5.03. The van der Waals surface area contributed by atoms with Crippen LogP contribution in [0.15, 0.2) is 29.2 Å². The van der Waals surface area contributed by atoms with E-state index in [0.29, 0.717) is 18.5 Å². The molecule has 0 aromatic heterocycles. The first-order valence-corrected chi connectivity index (χ1v) is 8.63. The highest BCUT2D eigenvalue weighted by molar-refractivity contribution is 7.89. The van der Waals surface area contributed by atoms with Crippen molar-refractivity contribution in [2.45, 2.75) is 37.5 Å². The first-order valence-electron chi connectivity index (χ1n) is 7.19. The van der Waals surface area contributed by atoms with Crippen molar-refractivity contribution in [2.75, 3.05) is 20.2 Å². The van der Waals surface area contributed by atoms with Crippen molar-refractivity contribution in [3.05, 3.63) is 29.8 Å². The summed E-state index contributed by atoms with van der Waals surface area (Å²) in [5, 5.41) is 8.75. The number of hydrogen-bond acceptors (Lipinski definition) is 3. The van der Waals surface area contributed by atoms with Gasteiger partial charge in [0, 0.05) is 25.6 Å². The summed E-state index contributed by atoms with van der Waals surface area (Å²) < 4.78 is 26.6. The van der Waals surface area contributed by atoms with Gasteiger partial charge in [-0.2, -0.15) is 0 Å². The van der Waals surface area contributed by atoms with Gasteiger partial charge in [-0.1, -0.05) is 43.7 Å². The molecule has 0 bridgehead atoms. The van der Waals surface area contributed by atoms with Gasteiger partial charge in [-0.25, -0.2) is 12.7 Å². The molecular formula is C16H23NO3S. The minimum Gasteiger partial charge on any atom is -0.395 e. The number of nitrogens with zero attached hydrogens (tertiary/aromatic N) is 1. The van der Waals surface area contributed by atoms with Gasteiger partial charge in [-0.05, 0) is 18.6 Å². The lowest BCUT2D eigenvalue weighted by Gasteiger charge is -2.18. The Balaban J connectivity index is 3.00. The second-order valence-electron chi connectivity index (χ2n) is 4.81. The SMILES string of the molecule is CCCCCN(C)S(=O)(=O)c1ccccc1C#CCCO. The smallest absolute Gasteiger partial charge is 0.244 e. The molecule has 0 radical (unpaired) electrons. The zero-order chi connectivity index (χ0) is 15.7. The third kappa shape index (κ3) is 5.16.